The molecule has 3 aromatic carbocycles. The summed E-state index contributed by atoms with van der Waals surface area (Å²) in [6, 6.07) is 21.1. The van der Waals surface area contributed by atoms with Gasteiger partial charge < -0.3 is 10.1 Å². The molecule has 1 amide bonds. The Morgan fingerprint density at radius 3 is 2.50 bits per heavy atom. The summed E-state index contributed by atoms with van der Waals surface area (Å²) in [7, 11) is 0. The number of nitrogens with one attached hydrogen (secondary N) is 1. The van der Waals surface area contributed by atoms with Crippen molar-refractivity contribution in [3.05, 3.63) is 96.4 Å². The predicted octanol–water partition coefficient (Wildman–Crippen LogP) is 6.16. The molecule has 150 valence electrons. The number of rotatable bonds is 6. The molecule has 1 N–H and O–H groups in total. The maximum absolute atomic E-state index is 13.7. The van der Waals surface area contributed by atoms with Crippen LogP contribution in [0, 0.1) is 24.3 Å². The van der Waals surface area contributed by atoms with E-state index in [2.05, 4.69) is 50.5 Å². The standard InChI is InChI=1S/C23H15FI2N2O2/c24-19-3-1-2-4-21(19)28-23(29)17(13-27)11-16-7-10-22(20(26)12-16)30-14-15-5-8-18(25)9-6-15/h1-12H,14H2,(H,28,29)/b17-11-. The molecule has 0 radical (unpaired) electrons. The van der Waals surface area contributed by atoms with Crippen LogP contribution < -0.4 is 10.1 Å². The second-order valence-electron chi connectivity index (χ2n) is 6.21. The van der Waals surface area contributed by atoms with Crippen LogP contribution >= 0.6 is 45.2 Å². The van der Waals surface area contributed by atoms with Gasteiger partial charge in [-0.15, -0.1) is 0 Å². The number of anilines is 1. The van der Waals surface area contributed by atoms with Gasteiger partial charge in [-0.1, -0.05) is 30.3 Å². The molecule has 0 bridgehead atoms. The van der Waals surface area contributed by atoms with Gasteiger partial charge in [0.05, 0.1) is 9.26 Å². The Balaban J connectivity index is 1.71. The molecule has 0 aliphatic rings. The molecule has 30 heavy (non-hydrogen) atoms. The van der Waals surface area contributed by atoms with E-state index < -0.39 is 11.7 Å². The van der Waals surface area contributed by atoms with Crippen molar-refractivity contribution in [2.75, 3.05) is 5.32 Å². The Kier molecular flexibility index (Phi) is 7.81. The molecule has 4 nitrogen and oxygen atoms in total. The van der Waals surface area contributed by atoms with E-state index in [9.17, 15) is 14.4 Å². The van der Waals surface area contributed by atoms with E-state index in [1.807, 2.05) is 36.4 Å². The highest BCUT2D eigenvalue weighted by Crippen LogP contribution is 2.25. The van der Waals surface area contributed by atoms with Crippen LogP contribution in [0.2, 0.25) is 0 Å². The maximum Gasteiger partial charge on any atom is 0.266 e. The second kappa shape index (κ2) is 10.5. The van der Waals surface area contributed by atoms with E-state index in [1.165, 1.54) is 24.3 Å². The highest BCUT2D eigenvalue weighted by atomic mass is 127. The van der Waals surface area contributed by atoms with Crippen LogP contribution in [0.25, 0.3) is 6.08 Å². The largest absolute Gasteiger partial charge is 0.488 e. The zero-order chi connectivity index (χ0) is 21.5. The fourth-order valence-corrected chi connectivity index (χ4v) is 3.59. The summed E-state index contributed by atoms with van der Waals surface area (Å²) in [5, 5.41) is 11.8. The highest BCUT2D eigenvalue weighted by molar-refractivity contribution is 14.1. The number of nitriles is 1. The van der Waals surface area contributed by atoms with Crippen molar-refractivity contribution in [2.24, 2.45) is 0 Å². The molecule has 0 aliphatic carbocycles. The van der Waals surface area contributed by atoms with Crippen molar-refractivity contribution in [2.45, 2.75) is 6.61 Å². The first kappa shape index (κ1) is 22.2. The molecule has 0 saturated heterocycles. The van der Waals surface area contributed by atoms with Crippen molar-refractivity contribution >= 4 is 62.9 Å². The summed E-state index contributed by atoms with van der Waals surface area (Å²) in [5.74, 6) is -0.524. The van der Waals surface area contributed by atoms with E-state index in [1.54, 1.807) is 18.2 Å². The lowest BCUT2D eigenvalue weighted by molar-refractivity contribution is -0.112. The maximum atomic E-state index is 13.7. The first-order valence-electron chi connectivity index (χ1n) is 8.81. The SMILES string of the molecule is N#C/C(=C/c1ccc(OCc2ccc(I)cc2)c(I)c1)C(=O)Nc1ccccc1F. The smallest absolute Gasteiger partial charge is 0.266 e. The van der Waals surface area contributed by atoms with E-state index in [0.29, 0.717) is 17.9 Å². The molecular formula is C23H15FI2N2O2. The Labute approximate surface area is 201 Å². The third-order valence-electron chi connectivity index (χ3n) is 4.06. The predicted molar refractivity (Wildman–Crippen MR) is 131 cm³/mol. The van der Waals surface area contributed by atoms with Crippen LogP contribution in [0.5, 0.6) is 5.75 Å². The normalized spacial score (nSPS) is 10.9. The molecule has 3 rings (SSSR count). The average Bonchev–Trinajstić information content (AvgIpc) is 2.74. The quantitative estimate of drug-likeness (QED) is 0.203. The van der Waals surface area contributed by atoms with Crippen LogP contribution in [0.1, 0.15) is 11.1 Å². The van der Waals surface area contributed by atoms with Crippen molar-refractivity contribution < 1.29 is 13.9 Å². The summed E-state index contributed by atoms with van der Waals surface area (Å²) in [6.07, 6.45) is 1.46. The van der Waals surface area contributed by atoms with E-state index in [0.717, 1.165) is 12.7 Å². The number of hydrogen-bond acceptors (Lipinski definition) is 3. The van der Waals surface area contributed by atoms with Crippen molar-refractivity contribution in [1.29, 1.82) is 5.26 Å². The minimum atomic E-state index is -0.670. The minimum Gasteiger partial charge on any atom is -0.488 e. The molecule has 0 heterocycles. The van der Waals surface area contributed by atoms with Gasteiger partial charge in [-0.25, -0.2) is 4.39 Å². The second-order valence-corrected chi connectivity index (χ2v) is 8.62. The number of carbonyl (C=O) groups excluding carboxylic acids is 1. The molecule has 0 saturated carbocycles. The van der Waals surface area contributed by atoms with Gasteiger partial charge in [-0.05, 0) is 98.8 Å². The van der Waals surface area contributed by atoms with Crippen LogP contribution in [0.15, 0.2) is 72.3 Å². The van der Waals surface area contributed by atoms with Crippen LogP contribution in [0.4, 0.5) is 10.1 Å². The fraction of sp³-hybridized carbons (Fsp3) is 0.0435. The summed E-state index contributed by atoms with van der Waals surface area (Å²) in [4.78, 5) is 12.3. The molecule has 0 fully saturated rings. The summed E-state index contributed by atoms with van der Waals surface area (Å²) < 4.78 is 21.6. The highest BCUT2D eigenvalue weighted by Gasteiger charge is 2.12. The number of para-hydroxylation sites is 1. The third kappa shape index (κ3) is 6.03. The van der Waals surface area contributed by atoms with Crippen LogP contribution in [0.3, 0.4) is 0 Å². The monoisotopic (exact) mass is 624 g/mol. The summed E-state index contributed by atoms with van der Waals surface area (Å²) >= 11 is 4.40. The van der Waals surface area contributed by atoms with Crippen LogP contribution in [-0.2, 0) is 11.4 Å². The first-order valence-corrected chi connectivity index (χ1v) is 11.0. The molecule has 7 heteroatoms. The first-order chi connectivity index (χ1) is 14.5. The van der Waals surface area contributed by atoms with Gasteiger partial charge in [0.15, 0.2) is 0 Å². The Morgan fingerprint density at radius 1 is 1.10 bits per heavy atom. The number of amides is 1. The lowest BCUT2D eigenvalue weighted by Gasteiger charge is -2.09. The minimum absolute atomic E-state index is 0.0255. The Bertz CT molecular complexity index is 1140. The number of ether oxygens (including phenoxy) is 1. The number of nitrogens with zero attached hydrogens (tertiary/aromatic N) is 1. The molecule has 0 atom stereocenters. The zero-order valence-electron chi connectivity index (χ0n) is 15.5. The molecule has 0 aliphatic heterocycles. The Morgan fingerprint density at radius 2 is 1.83 bits per heavy atom. The molecule has 0 spiro atoms. The average molecular weight is 624 g/mol. The van der Waals surface area contributed by atoms with Gasteiger partial charge in [-0.2, -0.15) is 5.26 Å². The lowest BCUT2D eigenvalue weighted by Crippen LogP contribution is -2.14. The molecule has 0 aromatic heterocycles. The van der Waals surface area contributed by atoms with E-state index in [-0.39, 0.29) is 11.3 Å². The molecule has 0 unspecified atom stereocenters. The van der Waals surface area contributed by atoms with Gasteiger partial charge in [0, 0.05) is 3.57 Å². The van der Waals surface area contributed by atoms with E-state index >= 15 is 0 Å². The molecule has 3 aromatic rings. The van der Waals surface area contributed by atoms with Crippen LogP contribution in [-0.4, -0.2) is 5.91 Å². The van der Waals surface area contributed by atoms with E-state index in [4.69, 9.17) is 4.74 Å². The molecular weight excluding hydrogens is 609 g/mol. The van der Waals surface area contributed by atoms with Gasteiger partial charge in [0.2, 0.25) is 0 Å². The zero-order valence-corrected chi connectivity index (χ0v) is 19.8. The lowest BCUT2D eigenvalue weighted by atomic mass is 10.1. The summed E-state index contributed by atoms with van der Waals surface area (Å²) in [5.41, 5.74) is 1.63. The van der Waals surface area contributed by atoms with Crippen molar-refractivity contribution in [3.8, 4) is 11.8 Å². The fourth-order valence-electron chi connectivity index (χ4n) is 2.53. The number of benzene rings is 3. The van der Waals surface area contributed by atoms with Gasteiger partial charge in [0.25, 0.3) is 5.91 Å². The number of carbonyl (C=O) groups is 1. The third-order valence-corrected chi connectivity index (χ3v) is 5.62. The Hall–Kier alpha value is -2.45. The summed E-state index contributed by atoms with van der Waals surface area (Å²) in [6.45, 7) is 0.441. The number of halogens is 3. The van der Waals surface area contributed by atoms with Gasteiger partial charge >= 0.3 is 0 Å². The van der Waals surface area contributed by atoms with Crippen molar-refractivity contribution in [3.63, 3.8) is 0 Å². The van der Waals surface area contributed by atoms with Gasteiger partial charge in [0.1, 0.15) is 29.8 Å². The van der Waals surface area contributed by atoms with Crippen molar-refractivity contribution in [1.82, 2.24) is 0 Å². The number of hydrogen-bond donors (Lipinski definition) is 1. The van der Waals surface area contributed by atoms with Gasteiger partial charge in [-0.3, -0.25) is 4.79 Å². The topological polar surface area (TPSA) is 62.1 Å².